The molecule has 3 aromatic rings. The van der Waals surface area contributed by atoms with Crippen molar-refractivity contribution >= 4 is 22.9 Å². The Balaban J connectivity index is 1.27. The molecule has 1 aliphatic carbocycles. The molecule has 2 aromatic carbocycles. The Bertz CT molecular complexity index is 970. The van der Waals surface area contributed by atoms with Gasteiger partial charge >= 0.3 is 0 Å². The molecule has 0 aliphatic heterocycles. The molecule has 7 nitrogen and oxygen atoms in total. The predicted molar refractivity (Wildman–Crippen MR) is 110 cm³/mol. The fraction of sp³-hybridized carbons (Fsp3) is 0.286. The summed E-state index contributed by atoms with van der Waals surface area (Å²) in [6.45, 7) is 1.92. The number of hydrogen-bond donors (Lipinski definition) is 1. The topological polar surface area (TPSA) is 82.6 Å². The lowest BCUT2D eigenvalue weighted by molar-refractivity contribution is -0.125. The number of carbonyl (C=O) groups excluding carboxylic acids is 1. The van der Waals surface area contributed by atoms with Gasteiger partial charge in [-0.2, -0.15) is 0 Å². The number of hydrogen-bond acceptors (Lipinski definition) is 7. The molecule has 0 spiro atoms. The van der Waals surface area contributed by atoms with Gasteiger partial charge in [0, 0.05) is 11.6 Å². The van der Waals surface area contributed by atoms with E-state index in [1.54, 1.807) is 12.6 Å². The third-order valence-corrected chi connectivity index (χ3v) is 5.37. The highest BCUT2D eigenvalue weighted by Crippen LogP contribution is 2.33. The van der Waals surface area contributed by atoms with Gasteiger partial charge in [0.25, 0.3) is 5.19 Å². The second-order valence-electron chi connectivity index (χ2n) is 6.86. The van der Waals surface area contributed by atoms with Crippen LogP contribution in [0.15, 0.2) is 48.0 Å². The lowest BCUT2D eigenvalue weighted by Crippen LogP contribution is -2.40. The summed E-state index contributed by atoms with van der Waals surface area (Å²) in [6.07, 6.45) is 1.47. The van der Waals surface area contributed by atoms with Crippen molar-refractivity contribution in [3.05, 3.63) is 53.5 Å². The van der Waals surface area contributed by atoms with Crippen LogP contribution in [0.5, 0.6) is 22.4 Å². The van der Waals surface area contributed by atoms with E-state index in [0.29, 0.717) is 23.8 Å². The lowest BCUT2D eigenvalue weighted by atomic mass is 9.81. The summed E-state index contributed by atoms with van der Waals surface area (Å²) in [7, 11) is 1.63. The highest BCUT2D eigenvalue weighted by atomic mass is 32.1. The molecule has 1 fully saturated rings. The maximum atomic E-state index is 12.5. The molecular formula is C21H21N3O4S. The Morgan fingerprint density at radius 1 is 1.14 bits per heavy atom. The van der Waals surface area contributed by atoms with E-state index in [1.807, 2.05) is 49.4 Å². The van der Waals surface area contributed by atoms with Crippen LogP contribution >= 0.6 is 11.3 Å². The molecule has 8 heteroatoms. The van der Waals surface area contributed by atoms with E-state index in [0.717, 1.165) is 22.7 Å². The molecule has 1 heterocycles. The maximum Gasteiger partial charge on any atom is 0.299 e. The Morgan fingerprint density at radius 3 is 2.55 bits per heavy atom. The minimum Gasteiger partial charge on any atom is -0.497 e. The highest BCUT2D eigenvalue weighted by molar-refractivity contribution is 7.11. The zero-order valence-corrected chi connectivity index (χ0v) is 16.9. The van der Waals surface area contributed by atoms with Gasteiger partial charge in [-0.15, -0.1) is 5.10 Å². The van der Waals surface area contributed by atoms with Crippen molar-refractivity contribution in [3.8, 4) is 22.4 Å². The van der Waals surface area contributed by atoms with Crippen LogP contribution in [0.3, 0.4) is 0 Å². The number of nitrogens with one attached hydrogen (secondary N) is 1. The molecule has 1 amide bonds. The normalized spacial score (nSPS) is 17.9. The van der Waals surface area contributed by atoms with E-state index >= 15 is 0 Å². The molecule has 1 aromatic heterocycles. The Morgan fingerprint density at radius 2 is 1.90 bits per heavy atom. The van der Waals surface area contributed by atoms with Gasteiger partial charge in [-0.1, -0.05) is 16.4 Å². The molecule has 0 bridgehead atoms. The summed E-state index contributed by atoms with van der Waals surface area (Å²) in [5, 5.41) is 11.1. The second kappa shape index (κ2) is 8.48. The summed E-state index contributed by atoms with van der Waals surface area (Å²) in [5.74, 6) is 2.23. The van der Waals surface area contributed by atoms with Crippen LogP contribution in [0.25, 0.3) is 0 Å². The van der Waals surface area contributed by atoms with Crippen LogP contribution in [0.2, 0.25) is 0 Å². The molecule has 0 unspecified atom stereocenters. The number of aryl methyl sites for hydroxylation is 1. The number of nitrogens with zero attached hydrogens (tertiary/aromatic N) is 2. The molecule has 1 N–H and O–H groups in total. The van der Waals surface area contributed by atoms with Gasteiger partial charge in [0.2, 0.25) is 5.91 Å². The van der Waals surface area contributed by atoms with Crippen LogP contribution in [0.4, 0.5) is 5.69 Å². The highest BCUT2D eigenvalue weighted by Gasteiger charge is 2.36. The van der Waals surface area contributed by atoms with Gasteiger partial charge < -0.3 is 19.5 Å². The van der Waals surface area contributed by atoms with Gasteiger partial charge in [0.15, 0.2) is 0 Å². The van der Waals surface area contributed by atoms with E-state index in [1.165, 1.54) is 11.3 Å². The second-order valence-corrected chi connectivity index (χ2v) is 7.66. The quantitative estimate of drug-likeness (QED) is 0.619. The molecule has 29 heavy (non-hydrogen) atoms. The summed E-state index contributed by atoms with van der Waals surface area (Å²) < 4.78 is 16.7. The van der Waals surface area contributed by atoms with Crippen molar-refractivity contribution in [2.75, 3.05) is 12.4 Å². The minimum atomic E-state index is -0.0455. The summed E-state index contributed by atoms with van der Waals surface area (Å²) in [6, 6.07) is 13.0. The largest absolute Gasteiger partial charge is 0.497 e. The summed E-state index contributed by atoms with van der Waals surface area (Å²) in [4.78, 5) is 12.5. The number of aromatic nitrogens is 2. The van der Waals surface area contributed by atoms with Crippen LogP contribution in [0.1, 0.15) is 18.4 Å². The van der Waals surface area contributed by atoms with Crippen molar-refractivity contribution in [2.24, 2.45) is 5.92 Å². The zero-order chi connectivity index (χ0) is 20.2. The molecule has 1 saturated carbocycles. The first-order chi connectivity index (χ1) is 14.1. The third kappa shape index (κ3) is 4.65. The number of carbonyl (C=O) groups is 1. The fourth-order valence-electron chi connectivity index (χ4n) is 3.11. The van der Waals surface area contributed by atoms with Crippen molar-refractivity contribution in [3.63, 3.8) is 0 Å². The van der Waals surface area contributed by atoms with Crippen molar-refractivity contribution < 1.29 is 19.0 Å². The van der Waals surface area contributed by atoms with Crippen LogP contribution in [0, 0.1) is 12.8 Å². The summed E-state index contributed by atoms with van der Waals surface area (Å²) >= 11 is 1.33. The van der Waals surface area contributed by atoms with E-state index in [9.17, 15) is 4.79 Å². The van der Waals surface area contributed by atoms with Crippen molar-refractivity contribution in [2.45, 2.75) is 25.9 Å². The van der Waals surface area contributed by atoms with E-state index in [-0.39, 0.29) is 17.9 Å². The maximum absolute atomic E-state index is 12.5. The molecule has 0 atom stereocenters. The van der Waals surface area contributed by atoms with Crippen molar-refractivity contribution in [1.82, 2.24) is 10.2 Å². The first kappa shape index (κ1) is 19.2. The summed E-state index contributed by atoms with van der Waals surface area (Å²) in [5.41, 5.74) is 3.27. The number of anilines is 1. The first-order valence-corrected chi connectivity index (χ1v) is 10.1. The monoisotopic (exact) mass is 411 g/mol. The number of rotatable bonds is 7. The molecule has 150 valence electrons. The van der Waals surface area contributed by atoms with Crippen LogP contribution < -0.4 is 19.5 Å². The van der Waals surface area contributed by atoms with E-state index < -0.39 is 0 Å². The smallest absolute Gasteiger partial charge is 0.299 e. The zero-order valence-electron chi connectivity index (χ0n) is 16.1. The Kier molecular flexibility index (Phi) is 5.62. The molecular weight excluding hydrogens is 390 g/mol. The Labute approximate surface area is 172 Å². The standard InChI is InChI=1S/C21H21N3O4S/c1-13-9-15(3-8-19(13)28-21-24-22-12-29-21)23-20(25)14-10-18(11-14)27-17-6-4-16(26-2)5-7-17/h3-9,12,14,18H,10-11H2,1-2H3,(H,23,25). The molecule has 0 saturated heterocycles. The molecule has 0 radical (unpaired) electrons. The predicted octanol–water partition coefficient (Wildman–Crippen LogP) is 4.44. The molecule has 4 rings (SSSR count). The van der Waals surface area contributed by atoms with Gasteiger partial charge in [0.1, 0.15) is 28.9 Å². The van der Waals surface area contributed by atoms with E-state index in [2.05, 4.69) is 15.5 Å². The lowest BCUT2D eigenvalue weighted by Gasteiger charge is -2.34. The average molecular weight is 411 g/mol. The van der Waals surface area contributed by atoms with Crippen molar-refractivity contribution in [1.29, 1.82) is 0 Å². The van der Waals surface area contributed by atoms with Gasteiger partial charge in [-0.25, -0.2) is 0 Å². The first-order valence-electron chi connectivity index (χ1n) is 9.27. The number of amides is 1. The number of benzene rings is 2. The van der Waals surface area contributed by atoms with Gasteiger partial charge in [0.05, 0.1) is 7.11 Å². The minimum absolute atomic E-state index is 0.0109. The van der Waals surface area contributed by atoms with E-state index in [4.69, 9.17) is 14.2 Å². The average Bonchev–Trinajstić information content (AvgIpc) is 3.20. The third-order valence-electron chi connectivity index (χ3n) is 4.81. The van der Waals surface area contributed by atoms with Crippen LogP contribution in [-0.4, -0.2) is 29.3 Å². The Hall–Kier alpha value is -3.13. The van der Waals surface area contributed by atoms with Gasteiger partial charge in [-0.05, 0) is 67.8 Å². The van der Waals surface area contributed by atoms with Gasteiger partial charge in [-0.3, -0.25) is 4.79 Å². The fourth-order valence-corrected chi connectivity index (χ4v) is 3.53. The number of ether oxygens (including phenoxy) is 3. The van der Waals surface area contributed by atoms with Crippen LogP contribution in [-0.2, 0) is 4.79 Å². The SMILES string of the molecule is COc1ccc(OC2CC(C(=O)Nc3ccc(Oc4nncs4)c(C)c3)C2)cc1. The molecule has 1 aliphatic rings. The number of methoxy groups -OCH3 is 1.